The zero-order valence-corrected chi connectivity index (χ0v) is 19.9. The maximum absolute atomic E-state index is 3.58. The Labute approximate surface area is 191 Å². The molecule has 0 aliphatic heterocycles. The molecule has 154 valence electrons. The molecule has 27 heavy (non-hydrogen) atoms. The predicted octanol–water partition coefficient (Wildman–Crippen LogP) is -1.62. The number of anilines is 2. The molecule has 6 heteroatoms. The van der Waals surface area contributed by atoms with E-state index in [-0.39, 0.29) is 45.2 Å². The van der Waals surface area contributed by atoms with Crippen molar-refractivity contribution in [1.82, 2.24) is 4.90 Å². The van der Waals surface area contributed by atoms with Crippen molar-refractivity contribution in [3.63, 3.8) is 0 Å². The third-order valence-electron chi connectivity index (χ3n) is 4.55. The fourth-order valence-corrected chi connectivity index (χ4v) is 3.04. The number of halogens is 2. The summed E-state index contributed by atoms with van der Waals surface area (Å²) in [5.74, 6) is 0. The number of benzene rings is 2. The molecule has 0 spiro atoms. The summed E-state index contributed by atoms with van der Waals surface area (Å²) in [4.78, 5) is 2.36. The number of aryl methyl sites for hydroxylation is 4. The summed E-state index contributed by atoms with van der Waals surface area (Å²) in [5.41, 5.74) is 7.81. The Morgan fingerprint density at radius 1 is 0.667 bits per heavy atom. The van der Waals surface area contributed by atoms with E-state index in [0.717, 1.165) is 26.2 Å². The second-order valence-electron chi connectivity index (χ2n) is 6.69. The molecule has 0 heterocycles. The van der Waals surface area contributed by atoms with Crippen LogP contribution in [0.2, 0.25) is 0 Å². The van der Waals surface area contributed by atoms with E-state index >= 15 is 0 Å². The first kappa shape index (κ1) is 28.5. The second-order valence-corrected chi connectivity index (χ2v) is 6.69. The summed E-state index contributed by atoms with van der Waals surface area (Å²) >= 11 is 0. The first-order chi connectivity index (χ1) is 11.5. The Kier molecular flexibility index (Phi) is 15.0. The van der Waals surface area contributed by atoms with Gasteiger partial charge in [-0.25, -0.2) is 0 Å². The maximum atomic E-state index is 3.58. The van der Waals surface area contributed by atoms with Gasteiger partial charge in [0.05, 0.1) is 0 Å². The molecule has 0 atom stereocenters. The summed E-state index contributed by atoms with van der Waals surface area (Å²) < 4.78 is 0. The van der Waals surface area contributed by atoms with Gasteiger partial charge < -0.3 is 40.3 Å². The third kappa shape index (κ3) is 8.85. The van der Waals surface area contributed by atoms with Gasteiger partial charge in [-0.15, -0.1) is 0 Å². The molecule has 0 saturated carbocycles. The van der Waals surface area contributed by atoms with E-state index in [4.69, 9.17) is 0 Å². The minimum Gasteiger partial charge on any atom is -1.00 e. The van der Waals surface area contributed by atoms with E-state index in [1.807, 2.05) is 0 Å². The number of likely N-dealkylation sites (N-methyl/N-ethyl adjacent to an activating group) is 1. The van der Waals surface area contributed by atoms with Gasteiger partial charge in [0.1, 0.15) is 0 Å². The Balaban J connectivity index is 0. The Morgan fingerprint density at radius 3 is 1.26 bits per heavy atom. The van der Waals surface area contributed by atoms with Crippen LogP contribution >= 0.6 is 0 Å². The zero-order chi connectivity index (χ0) is 17.5. The normalized spacial score (nSPS) is 9.70. The van der Waals surface area contributed by atoms with Crippen molar-refractivity contribution < 1.29 is 45.2 Å². The number of hydrogen-bond acceptors (Lipinski definition) is 3. The molecule has 0 aromatic heterocycles. The summed E-state index contributed by atoms with van der Waals surface area (Å²) in [5, 5.41) is 7.15. The molecule has 0 aliphatic rings. The van der Waals surface area contributed by atoms with Crippen LogP contribution < -0.4 is 35.4 Å². The van der Waals surface area contributed by atoms with Crippen LogP contribution in [0.25, 0.3) is 0 Å². The van der Waals surface area contributed by atoms with Gasteiger partial charge in [-0.2, -0.15) is 0 Å². The van der Waals surface area contributed by atoms with E-state index in [0.29, 0.717) is 0 Å². The van der Waals surface area contributed by atoms with Crippen LogP contribution in [0.5, 0.6) is 0 Å². The van der Waals surface area contributed by atoms with Crippen LogP contribution in [0.3, 0.4) is 0 Å². The smallest absolute Gasteiger partial charge is 1.00 e. The Morgan fingerprint density at radius 2 is 0.963 bits per heavy atom. The van der Waals surface area contributed by atoms with Crippen molar-refractivity contribution in [2.24, 2.45) is 0 Å². The first-order valence-corrected chi connectivity index (χ1v) is 8.77. The Bertz CT molecular complexity index is 582. The molecule has 2 rings (SSSR count). The molecule has 2 aromatic rings. The van der Waals surface area contributed by atoms with Crippen LogP contribution in [-0.2, 0) is 20.4 Å². The van der Waals surface area contributed by atoms with E-state index < -0.39 is 0 Å². The number of nitrogens with one attached hydrogen (secondary N) is 2. The molecule has 2 N–H and O–H groups in total. The van der Waals surface area contributed by atoms with Gasteiger partial charge in [-0.05, 0) is 57.0 Å². The van der Waals surface area contributed by atoms with Crippen molar-refractivity contribution in [3.05, 3.63) is 58.7 Å². The fourth-order valence-electron chi connectivity index (χ4n) is 3.04. The van der Waals surface area contributed by atoms with E-state index in [1.54, 1.807) is 0 Å². The largest absolute Gasteiger partial charge is 2.00 e. The third-order valence-corrected chi connectivity index (χ3v) is 4.55. The molecule has 0 radical (unpaired) electrons. The van der Waals surface area contributed by atoms with Crippen molar-refractivity contribution in [3.8, 4) is 0 Å². The van der Waals surface area contributed by atoms with Crippen LogP contribution in [-0.4, -0.2) is 38.1 Å². The molecule has 0 aliphatic carbocycles. The number of nitrogens with zero attached hydrogens (tertiary/aromatic N) is 1. The number of para-hydroxylation sites is 2. The number of hydrogen-bond donors (Lipinski definition) is 2. The van der Waals surface area contributed by atoms with Crippen molar-refractivity contribution in [2.75, 3.05) is 43.9 Å². The van der Waals surface area contributed by atoms with E-state index in [1.165, 1.54) is 33.6 Å². The van der Waals surface area contributed by atoms with Gasteiger partial charge in [0.15, 0.2) is 0 Å². The summed E-state index contributed by atoms with van der Waals surface area (Å²) in [6.45, 7) is 12.6. The van der Waals surface area contributed by atoms with Crippen LogP contribution in [0, 0.1) is 27.7 Å². The topological polar surface area (TPSA) is 27.3 Å². The molecule has 0 amide bonds. The van der Waals surface area contributed by atoms with E-state index in [9.17, 15) is 0 Å². The molecule has 0 saturated heterocycles. The minimum atomic E-state index is 0. The second kappa shape index (κ2) is 14.3. The van der Waals surface area contributed by atoms with Crippen LogP contribution in [0.1, 0.15) is 22.3 Å². The predicted molar refractivity (Wildman–Crippen MR) is 106 cm³/mol. The van der Waals surface area contributed by atoms with Gasteiger partial charge in [0.2, 0.25) is 0 Å². The molecule has 0 bridgehead atoms. The average Bonchev–Trinajstić information content (AvgIpc) is 2.53. The number of rotatable bonds is 8. The van der Waals surface area contributed by atoms with Gasteiger partial charge in [0, 0.05) is 37.6 Å². The molecule has 2 aromatic carbocycles. The van der Waals surface area contributed by atoms with Gasteiger partial charge >= 0.3 is 20.4 Å². The van der Waals surface area contributed by atoms with Crippen molar-refractivity contribution in [2.45, 2.75) is 27.7 Å². The average molecular weight is 503 g/mol. The molecular formula is C21H31Cl2N3Pd. The quantitative estimate of drug-likeness (QED) is 0.425. The van der Waals surface area contributed by atoms with Gasteiger partial charge in [-0.1, -0.05) is 36.4 Å². The van der Waals surface area contributed by atoms with Crippen LogP contribution in [0.4, 0.5) is 11.4 Å². The van der Waals surface area contributed by atoms with Gasteiger partial charge in [0.25, 0.3) is 0 Å². The molecule has 0 fully saturated rings. The monoisotopic (exact) mass is 501 g/mol. The fraction of sp³-hybridized carbons (Fsp3) is 0.429. The Hall–Kier alpha value is -0.758. The van der Waals surface area contributed by atoms with Crippen molar-refractivity contribution >= 4 is 11.4 Å². The standard InChI is InChI=1S/C21H31N3.2ClH.Pd/c1-16-8-6-9-17(2)20(16)22-12-14-24(5)15-13-23-21-18(3)10-7-11-19(21)4;;;/h6-11,22-23H,12-15H2,1-5H3;2*1H;/q;;;+2/p-2. The summed E-state index contributed by atoms with van der Waals surface area (Å²) in [6, 6.07) is 12.9. The SMILES string of the molecule is Cc1cccc(C)c1NCCN(C)CCNc1c(C)cccc1C.[Cl-].[Cl-].[Pd+2]. The van der Waals surface area contributed by atoms with E-state index in [2.05, 4.69) is 86.7 Å². The maximum Gasteiger partial charge on any atom is 2.00 e. The molecule has 0 unspecified atom stereocenters. The van der Waals surface area contributed by atoms with Gasteiger partial charge in [-0.3, -0.25) is 0 Å². The van der Waals surface area contributed by atoms with Crippen molar-refractivity contribution in [1.29, 1.82) is 0 Å². The summed E-state index contributed by atoms with van der Waals surface area (Å²) in [6.07, 6.45) is 0. The zero-order valence-electron chi connectivity index (χ0n) is 16.8. The summed E-state index contributed by atoms with van der Waals surface area (Å²) in [7, 11) is 2.18. The molecular weight excluding hydrogens is 472 g/mol. The first-order valence-electron chi connectivity index (χ1n) is 8.77. The van der Waals surface area contributed by atoms with Crippen LogP contribution in [0.15, 0.2) is 36.4 Å². The minimum absolute atomic E-state index is 0. The molecule has 3 nitrogen and oxygen atoms in total.